The fraction of sp³-hybridized carbons (Fsp3) is 0.978. The Morgan fingerprint density at radius 1 is 0.460 bits per heavy atom. The zero-order chi connectivity index (χ0) is 36.3. The van der Waals surface area contributed by atoms with Gasteiger partial charge < -0.3 is 14.2 Å². The maximum Gasteiger partial charge on any atom is 0.308 e. The summed E-state index contributed by atoms with van der Waals surface area (Å²) in [5.41, 5.74) is 0. The van der Waals surface area contributed by atoms with Gasteiger partial charge in [0.25, 0.3) is 0 Å². The molecule has 0 amide bonds. The minimum atomic E-state index is -0.127. The molecule has 0 fully saturated rings. The van der Waals surface area contributed by atoms with E-state index >= 15 is 0 Å². The van der Waals surface area contributed by atoms with Gasteiger partial charge in [-0.2, -0.15) is 11.8 Å². The Hall–Kier alpha value is -0.260. The third kappa shape index (κ3) is 42.2. The van der Waals surface area contributed by atoms with Gasteiger partial charge in [0.1, 0.15) is 6.61 Å². The van der Waals surface area contributed by atoms with Crippen molar-refractivity contribution in [3.8, 4) is 0 Å². The Balaban J connectivity index is 3.90. The van der Waals surface area contributed by atoms with Gasteiger partial charge in [0.15, 0.2) is 0 Å². The van der Waals surface area contributed by atoms with Crippen molar-refractivity contribution in [2.75, 3.05) is 39.3 Å². The van der Waals surface area contributed by atoms with Crippen molar-refractivity contribution >= 4 is 17.7 Å². The van der Waals surface area contributed by atoms with Crippen LogP contribution in [0.2, 0.25) is 0 Å². The number of thioether (sulfide) groups is 1. The highest BCUT2D eigenvalue weighted by Crippen LogP contribution is 2.22. The summed E-state index contributed by atoms with van der Waals surface area (Å²) in [4.78, 5) is 12.3. The summed E-state index contributed by atoms with van der Waals surface area (Å²) in [6.45, 7) is 6.66. The maximum absolute atomic E-state index is 12.3. The zero-order valence-electron chi connectivity index (χ0n) is 34.4. The summed E-state index contributed by atoms with van der Waals surface area (Å²) in [7, 11) is 1.66. The summed E-state index contributed by atoms with van der Waals surface area (Å²) in [5, 5.41) is 0.432. The van der Waals surface area contributed by atoms with Crippen LogP contribution in [-0.4, -0.2) is 50.5 Å². The number of rotatable bonds is 44. The summed E-state index contributed by atoms with van der Waals surface area (Å²) in [6, 6.07) is 0. The topological polar surface area (TPSA) is 44.8 Å². The molecule has 0 aliphatic carbocycles. The molecule has 0 bridgehead atoms. The van der Waals surface area contributed by atoms with Gasteiger partial charge in [-0.05, 0) is 18.6 Å². The molecule has 0 aliphatic rings. The summed E-state index contributed by atoms with van der Waals surface area (Å²) < 4.78 is 16.2. The van der Waals surface area contributed by atoms with Gasteiger partial charge >= 0.3 is 5.97 Å². The van der Waals surface area contributed by atoms with E-state index in [9.17, 15) is 4.79 Å². The third-order valence-corrected chi connectivity index (χ3v) is 11.7. The number of hydrogen-bond donors (Lipinski definition) is 0. The molecule has 300 valence electrons. The van der Waals surface area contributed by atoms with Gasteiger partial charge in [-0.15, -0.1) is 0 Å². The number of unbranched alkanes of at least 4 members (excludes halogenated alkanes) is 31. The lowest BCUT2D eigenvalue weighted by Gasteiger charge is -2.17. The van der Waals surface area contributed by atoms with Crippen LogP contribution >= 0.6 is 11.8 Å². The SMILES string of the molecule is CCCCCCCCCCCCCCCCCCCC(COC(=O)CCOCCOC)SCCCCCCCCCCCCCCCCCC. The van der Waals surface area contributed by atoms with Gasteiger partial charge in [0.05, 0.1) is 26.2 Å². The van der Waals surface area contributed by atoms with E-state index < -0.39 is 0 Å². The third-order valence-electron chi connectivity index (χ3n) is 10.3. The van der Waals surface area contributed by atoms with E-state index in [1.165, 1.54) is 224 Å². The second-order valence-corrected chi connectivity index (χ2v) is 16.7. The predicted molar refractivity (Wildman–Crippen MR) is 223 cm³/mol. The molecule has 0 aromatic heterocycles. The van der Waals surface area contributed by atoms with E-state index in [0.717, 1.165) is 0 Å². The van der Waals surface area contributed by atoms with Crippen molar-refractivity contribution in [2.45, 2.75) is 244 Å². The molecule has 0 aromatic carbocycles. The van der Waals surface area contributed by atoms with Crippen LogP contribution in [0.1, 0.15) is 239 Å². The lowest BCUT2D eigenvalue weighted by molar-refractivity contribution is -0.144. The van der Waals surface area contributed by atoms with E-state index in [1.807, 2.05) is 11.8 Å². The second kappa shape index (κ2) is 44.9. The van der Waals surface area contributed by atoms with E-state index in [0.29, 0.717) is 38.1 Å². The van der Waals surface area contributed by atoms with Crippen molar-refractivity contribution < 1.29 is 19.0 Å². The highest BCUT2D eigenvalue weighted by molar-refractivity contribution is 7.99. The first-order chi connectivity index (χ1) is 24.7. The van der Waals surface area contributed by atoms with Crippen LogP contribution in [0.4, 0.5) is 0 Å². The quantitative estimate of drug-likeness (QED) is 0.0462. The van der Waals surface area contributed by atoms with Gasteiger partial charge in [-0.3, -0.25) is 4.79 Å². The number of hydrogen-bond acceptors (Lipinski definition) is 5. The summed E-state index contributed by atoms with van der Waals surface area (Å²) >= 11 is 2.05. The van der Waals surface area contributed by atoms with E-state index in [4.69, 9.17) is 14.2 Å². The van der Waals surface area contributed by atoms with E-state index in [2.05, 4.69) is 13.8 Å². The smallest absolute Gasteiger partial charge is 0.308 e. The molecule has 0 N–H and O–H groups in total. The van der Waals surface area contributed by atoms with Crippen LogP contribution in [0.5, 0.6) is 0 Å². The molecule has 1 unspecified atom stereocenters. The largest absolute Gasteiger partial charge is 0.464 e. The molecule has 0 spiro atoms. The molecule has 4 nitrogen and oxygen atoms in total. The molecule has 0 saturated carbocycles. The normalized spacial score (nSPS) is 12.1. The van der Waals surface area contributed by atoms with Gasteiger partial charge in [0, 0.05) is 12.4 Å². The molecule has 0 rings (SSSR count). The standard InChI is InChI=1S/C45H90O4S/c1-4-6-8-10-12-14-16-18-20-22-23-25-27-29-31-33-35-37-44(43-49-45(46)38-39-48-41-40-47-3)50-42-36-34-32-30-28-26-24-21-19-17-15-13-11-9-7-5-2/h44H,4-43H2,1-3H3. The Bertz CT molecular complexity index is 592. The number of carbonyl (C=O) groups excluding carboxylic acids is 1. The van der Waals surface area contributed by atoms with Crippen molar-refractivity contribution in [2.24, 2.45) is 0 Å². The molecule has 0 radical (unpaired) electrons. The van der Waals surface area contributed by atoms with Crippen molar-refractivity contribution in [1.29, 1.82) is 0 Å². The van der Waals surface area contributed by atoms with Crippen LogP contribution in [-0.2, 0) is 19.0 Å². The van der Waals surface area contributed by atoms with Gasteiger partial charge in [0.2, 0.25) is 0 Å². The van der Waals surface area contributed by atoms with Crippen molar-refractivity contribution in [1.82, 2.24) is 0 Å². The van der Waals surface area contributed by atoms with Crippen LogP contribution in [0.3, 0.4) is 0 Å². The van der Waals surface area contributed by atoms with Crippen LogP contribution in [0.15, 0.2) is 0 Å². The Morgan fingerprint density at radius 2 is 0.820 bits per heavy atom. The zero-order valence-corrected chi connectivity index (χ0v) is 35.2. The second-order valence-electron chi connectivity index (χ2n) is 15.3. The van der Waals surface area contributed by atoms with Gasteiger partial charge in [-0.1, -0.05) is 219 Å². The predicted octanol–water partition coefficient (Wildman–Crippen LogP) is 15.0. The highest BCUT2D eigenvalue weighted by Gasteiger charge is 2.13. The fourth-order valence-electron chi connectivity index (χ4n) is 6.87. The minimum absolute atomic E-state index is 0.127. The molecular formula is C45H90O4S. The number of carbonyl (C=O) groups is 1. The highest BCUT2D eigenvalue weighted by atomic mass is 32.2. The summed E-state index contributed by atoms with van der Waals surface area (Å²) in [5.74, 6) is 1.07. The van der Waals surface area contributed by atoms with Gasteiger partial charge in [-0.25, -0.2) is 0 Å². The molecule has 50 heavy (non-hydrogen) atoms. The first-order valence-corrected chi connectivity index (χ1v) is 23.6. The molecule has 0 heterocycles. The maximum atomic E-state index is 12.3. The van der Waals surface area contributed by atoms with E-state index in [1.54, 1.807) is 7.11 Å². The molecular weight excluding hydrogens is 637 g/mol. The van der Waals surface area contributed by atoms with Crippen LogP contribution < -0.4 is 0 Å². The van der Waals surface area contributed by atoms with Crippen molar-refractivity contribution in [3.63, 3.8) is 0 Å². The van der Waals surface area contributed by atoms with E-state index in [-0.39, 0.29) is 5.97 Å². The Labute approximate surface area is 318 Å². The van der Waals surface area contributed by atoms with Crippen LogP contribution in [0, 0.1) is 0 Å². The van der Waals surface area contributed by atoms with Crippen LogP contribution in [0.25, 0.3) is 0 Å². The number of esters is 1. The Morgan fingerprint density at radius 3 is 1.20 bits per heavy atom. The molecule has 1 atom stereocenters. The molecule has 0 aromatic rings. The fourth-order valence-corrected chi connectivity index (χ4v) is 8.07. The lowest BCUT2D eigenvalue weighted by atomic mass is 10.0. The monoisotopic (exact) mass is 727 g/mol. The molecule has 0 saturated heterocycles. The minimum Gasteiger partial charge on any atom is -0.464 e. The number of ether oxygens (including phenoxy) is 3. The Kier molecular flexibility index (Phi) is 44.7. The first-order valence-electron chi connectivity index (χ1n) is 22.6. The molecule has 5 heteroatoms. The average molecular weight is 727 g/mol. The number of methoxy groups -OCH3 is 1. The molecule has 0 aliphatic heterocycles. The first kappa shape index (κ1) is 49.7. The lowest BCUT2D eigenvalue weighted by Crippen LogP contribution is -2.18. The summed E-state index contributed by atoms with van der Waals surface area (Å²) in [6.07, 6.45) is 48.0. The average Bonchev–Trinajstić information content (AvgIpc) is 3.12. The van der Waals surface area contributed by atoms with Crippen molar-refractivity contribution in [3.05, 3.63) is 0 Å².